The summed E-state index contributed by atoms with van der Waals surface area (Å²) in [5.74, 6) is 0. The summed E-state index contributed by atoms with van der Waals surface area (Å²) < 4.78 is 0. The van der Waals surface area contributed by atoms with Crippen molar-refractivity contribution in [2.75, 3.05) is 20.1 Å². The van der Waals surface area contributed by atoms with Crippen LogP contribution < -0.4 is 0 Å². The molecule has 2 aromatic heterocycles. The highest BCUT2D eigenvalue weighted by Crippen LogP contribution is 2.28. The molecule has 1 aliphatic rings. The largest absolute Gasteiger partial charge is 0.302 e. The lowest BCUT2D eigenvalue weighted by atomic mass is 9.98. The van der Waals surface area contributed by atoms with Gasteiger partial charge >= 0.3 is 0 Å². The third-order valence-corrected chi connectivity index (χ3v) is 5.60. The minimum absolute atomic E-state index is 0.873. The zero-order chi connectivity index (χ0) is 20.2. The van der Waals surface area contributed by atoms with Gasteiger partial charge in [-0.1, -0.05) is 30.4 Å². The maximum Gasteiger partial charge on any atom is 0.0709 e. The molecule has 0 bridgehead atoms. The topological polar surface area (TPSA) is 29.0 Å². The fourth-order valence-corrected chi connectivity index (χ4v) is 3.83. The third kappa shape index (κ3) is 4.20. The predicted molar refractivity (Wildman–Crippen MR) is 124 cm³/mol. The van der Waals surface area contributed by atoms with Crippen LogP contribution in [0.25, 0.3) is 33.2 Å². The highest BCUT2D eigenvalue weighted by Gasteiger charge is 2.12. The smallest absolute Gasteiger partial charge is 0.0709 e. The summed E-state index contributed by atoms with van der Waals surface area (Å²) in [5, 5.41) is 2.35. The molecule has 0 fully saturated rings. The van der Waals surface area contributed by atoms with Crippen LogP contribution in [0.5, 0.6) is 0 Å². The second-order valence-electron chi connectivity index (χ2n) is 7.61. The Balaban J connectivity index is 1.71. The first kappa shape index (κ1) is 19.3. The summed E-state index contributed by atoms with van der Waals surface area (Å²) >= 11 is 0. The molecule has 0 spiro atoms. The predicted octanol–water partition coefficient (Wildman–Crippen LogP) is 6.00. The molecule has 0 amide bonds. The van der Waals surface area contributed by atoms with E-state index in [0.29, 0.717) is 0 Å². The lowest BCUT2D eigenvalue weighted by Gasteiger charge is -2.21. The van der Waals surface area contributed by atoms with Crippen LogP contribution in [0.4, 0.5) is 0 Å². The van der Waals surface area contributed by atoms with E-state index >= 15 is 0 Å². The fourth-order valence-electron chi connectivity index (χ4n) is 3.83. The van der Waals surface area contributed by atoms with Crippen LogP contribution in [0.15, 0.2) is 73.6 Å². The van der Waals surface area contributed by atoms with E-state index in [4.69, 9.17) is 4.98 Å². The summed E-state index contributed by atoms with van der Waals surface area (Å²) in [5.41, 5.74) is 7.02. The first-order chi connectivity index (χ1) is 14.2. The number of fused-ring (bicyclic) bond motifs is 1. The molecule has 0 saturated heterocycles. The fraction of sp³-hybridized carbons (Fsp3) is 0.231. The molecule has 0 unspecified atom stereocenters. The van der Waals surface area contributed by atoms with Gasteiger partial charge in [0.2, 0.25) is 0 Å². The van der Waals surface area contributed by atoms with E-state index in [2.05, 4.69) is 72.9 Å². The van der Waals surface area contributed by atoms with Gasteiger partial charge in [0.25, 0.3) is 0 Å². The maximum absolute atomic E-state index is 4.72. The van der Waals surface area contributed by atoms with Crippen LogP contribution in [0, 0.1) is 0 Å². The Morgan fingerprint density at radius 1 is 1.10 bits per heavy atom. The first-order valence-electron chi connectivity index (χ1n) is 10.2. The number of hydrogen-bond acceptors (Lipinski definition) is 3. The molecule has 3 aromatic rings. The summed E-state index contributed by atoms with van der Waals surface area (Å²) in [7, 11) is 2.15. The van der Waals surface area contributed by atoms with Crippen molar-refractivity contribution < 1.29 is 0 Å². The van der Waals surface area contributed by atoms with Crippen molar-refractivity contribution in [2.45, 2.75) is 19.8 Å². The molecule has 29 heavy (non-hydrogen) atoms. The molecule has 1 aromatic carbocycles. The number of aromatic nitrogens is 2. The van der Waals surface area contributed by atoms with Gasteiger partial charge in [0.15, 0.2) is 0 Å². The molecule has 0 aliphatic carbocycles. The number of rotatable bonds is 5. The van der Waals surface area contributed by atoms with Crippen LogP contribution >= 0.6 is 0 Å². The second kappa shape index (κ2) is 8.54. The van der Waals surface area contributed by atoms with E-state index in [1.54, 1.807) is 0 Å². The van der Waals surface area contributed by atoms with Gasteiger partial charge in [-0.05, 0) is 73.2 Å². The van der Waals surface area contributed by atoms with Crippen molar-refractivity contribution in [1.82, 2.24) is 14.9 Å². The molecule has 146 valence electrons. The van der Waals surface area contributed by atoms with Crippen LogP contribution in [0.2, 0.25) is 0 Å². The van der Waals surface area contributed by atoms with E-state index in [0.717, 1.165) is 48.3 Å². The zero-order valence-corrected chi connectivity index (χ0v) is 17.2. The Morgan fingerprint density at radius 2 is 2.00 bits per heavy atom. The number of benzene rings is 1. The summed E-state index contributed by atoms with van der Waals surface area (Å²) in [4.78, 5) is 11.7. The van der Waals surface area contributed by atoms with Crippen molar-refractivity contribution in [1.29, 1.82) is 0 Å². The van der Waals surface area contributed by atoms with Gasteiger partial charge in [-0.3, -0.25) is 9.97 Å². The molecule has 0 atom stereocenters. The van der Waals surface area contributed by atoms with E-state index < -0.39 is 0 Å². The summed E-state index contributed by atoms with van der Waals surface area (Å²) in [6.07, 6.45) is 12.2. The number of pyridine rings is 2. The van der Waals surface area contributed by atoms with E-state index in [1.807, 2.05) is 24.5 Å². The molecular weight excluding hydrogens is 354 g/mol. The lowest BCUT2D eigenvalue weighted by molar-refractivity contribution is 0.370. The molecular formula is C26H27N3. The molecule has 0 saturated carbocycles. The Bertz CT molecular complexity index is 1110. The summed E-state index contributed by atoms with van der Waals surface area (Å²) in [6.45, 7) is 8.02. The molecule has 3 nitrogen and oxygen atoms in total. The Morgan fingerprint density at radius 3 is 2.76 bits per heavy atom. The highest BCUT2D eigenvalue weighted by atomic mass is 15.1. The van der Waals surface area contributed by atoms with Crippen LogP contribution in [0.1, 0.15) is 31.0 Å². The van der Waals surface area contributed by atoms with Crippen molar-refractivity contribution in [3.8, 4) is 11.3 Å². The minimum Gasteiger partial charge on any atom is -0.302 e. The first-order valence-corrected chi connectivity index (χ1v) is 10.2. The SMILES string of the molecule is C=CC/C(=C\C)c1ccc2cnc(-c3ccnc(C4=CCN(C)CC4)c3)cc2c1. The molecule has 3 heteroatoms. The molecule has 0 N–H and O–H groups in total. The van der Waals surface area contributed by atoms with Gasteiger partial charge in [-0.25, -0.2) is 0 Å². The summed E-state index contributed by atoms with van der Waals surface area (Å²) in [6, 6.07) is 13.0. The van der Waals surface area contributed by atoms with E-state index in [-0.39, 0.29) is 0 Å². The van der Waals surface area contributed by atoms with Crippen LogP contribution in [0.3, 0.4) is 0 Å². The molecule has 0 radical (unpaired) electrons. The molecule has 3 heterocycles. The third-order valence-electron chi connectivity index (χ3n) is 5.60. The Labute approximate surface area is 173 Å². The number of likely N-dealkylation sites (N-methyl/N-ethyl adjacent to an activating group) is 1. The highest BCUT2D eigenvalue weighted by molar-refractivity contribution is 5.88. The quantitative estimate of drug-likeness (QED) is 0.508. The van der Waals surface area contributed by atoms with Crippen molar-refractivity contribution >= 4 is 21.9 Å². The zero-order valence-electron chi connectivity index (χ0n) is 17.2. The maximum atomic E-state index is 4.72. The average molecular weight is 382 g/mol. The van der Waals surface area contributed by atoms with Crippen molar-refractivity contribution in [3.05, 3.63) is 84.9 Å². The van der Waals surface area contributed by atoms with E-state index in [9.17, 15) is 0 Å². The van der Waals surface area contributed by atoms with Gasteiger partial charge in [-0.2, -0.15) is 0 Å². The second-order valence-corrected chi connectivity index (χ2v) is 7.61. The van der Waals surface area contributed by atoms with Crippen LogP contribution in [-0.2, 0) is 0 Å². The monoisotopic (exact) mass is 381 g/mol. The average Bonchev–Trinajstić information content (AvgIpc) is 2.77. The van der Waals surface area contributed by atoms with Crippen molar-refractivity contribution in [2.24, 2.45) is 0 Å². The number of nitrogens with zero attached hydrogens (tertiary/aromatic N) is 3. The number of hydrogen-bond donors (Lipinski definition) is 0. The van der Waals surface area contributed by atoms with Gasteiger partial charge in [0, 0.05) is 36.4 Å². The van der Waals surface area contributed by atoms with Gasteiger partial charge < -0.3 is 4.90 Å². The lowest BCUT2D eigenvalue weighted by Crippen LogP contribution is -2.23. The number of allylic oxidation sites excluding steroid dienone is 3. The van der Waals surface area contributed by atoms with Crippen LogP contribution in [-0.4, -0.2) is 35.0 Å². The Hall–Kier alpha value is -3.04. The van der Waals surface area contributed by atoms with Crippen molar-refractivity contribution in [3.63, 3.8) is 0 Å². The molecule has 4 rings (SSSR count). The normalized spacial score (nSPS) is 15.4. The minimum atomic E-state index is 0.873. The van der Waals surface area contributed by atoms with Gasteiger partial charge in [-0.15, -0.1) is 6.58 Å². The van der Waals surface area contributed by atoms with Gasteiger partial charge in [0.1, 0.15) is 0 Å². The molecule has 1 aliphatic heterocycles. The van der Waals surface area contributed by atoms with Gasteiger partial charge in [0.05, 0.1) is 11.4 Å². The Kier molecular flexibility index (Phi) is 5.68. The van der Waals surface area contributed by atoms with E-state index in [1.165, 1.54) is 22.1 Å². The standard InChI is InChI=1S/C26H27N3/c1-4-6-19(5-2)21-7-8-23-18-28-26(17-24(23)15-21)22-9-12-27-25(16-22)20-10-13-29(3)14-11-20/h4-5,7-10,12,15-18H,1,6,11,13-14H2,2-3H3/b19-5+.